The third-order valence-corrected chi connectivity index (χ3v) is 6.12. The van der Waals surface area contributed by atoms with E-state index in [2.05, 4.69) is 4.98 Å². The van der Waals surface area contributed by atoms with Crippen LogP contribution >= 0.6 is 11.3 Å². The average Bonchev–Trinajstić information content (AvgIpc) is 3.15. The molecule has 4 rings (SSSR count). The molecular weight excluding hydrogens is 412 g/mol. The topological polar surface area (TPSA) is 75.4 Å². The number of benzene rings is 1. The minimum absolute atomic E-state index is 0.0196. The molecule has 1 aromatic carbocycles. The first-order valence-electron chi connectivity index (χ1n) is 9.42. The highest BCUT2D eigenvalue weighted by Gasteiger charge is 2.31. The summed E-state index contributed by atoms with van der Waals surface area (Å²) in [6, 6.07) is 3.33. The van der Waals surface area contributed by atoms with Gasteiger partial charge in [0, 0.05) is 48.9 Å². The quantitative estimate of drug-likeness (QED) is 0.687. The van der Waals surface area contributed by atoms with Crippen molar-refractivity contribution < 1.29 is 18.7 Å². The normalized spacial score (nSPS) is 13.8. The van der Waals surface area contributed by atoms with Crippen LogP contribution in [0.1, 0.15) is 34.8 Å². The fraction of sp³-hybridized carbons (Fsp3) is 0.286. The highest BCUT2D eigenvalue weighted by atomic mass is 32.1. The second-order valence-electron chi connectivity index (χ2n) is 7.40. The third kappa shape index (κ3) is 3.49. The van der Waals surface area contributed by atoms with Crippen LogP contribution in [0.5, 0.6) is 5.75 Å². The molecule has 3 heterocycles. The Morgan fingerprint density at radius 3 is 2.70 bits per heavy atom. The molecule has 0 saturated carbocycles. The zero-order valence-corrected chi connectivity index (χ0v) is 17.2. The van der Waals surface area contributed by atoms with E-state index in [9.17, 15) is 23.5 Å². The van der Waals surface area contributed by atoms with Crippen molar-refractivity contribution in [1.82, 2.24) is 14.5 Å². The first-order valence-corrected chi connectivity index (χ1v) is 10.2. The number of thiazole rings is 1. The van der Waals surface area contributed by atoms with Crippen LogP contribution in [0.25, 0.3) is 10.6 Å². The van der Waals surface area contributed by atoms with Gasteiger partial charge in [0.1, 0.15) is 16.6 Å². The lowest BCUT2D eigenvalue weighted by atomic mass is 10.1. The lowest BCUT2D eigenvalue weighted by Crippen LogP contribution is -2.45. The Bertz CT molecular complexity index is 1200. The van der Waals surface area contributed by atoms with Crippen molar-refractivity contribution in [2.75, 3.05) is 6.54 Å². The van der Waals surface area contributed by atoms with E-state index in [0.29, 0.717) is 28.5 Å². The van der Waals surface area contributed by atoms with Crippen molar-refractivity contribution in [1.29, 1.82) is 0 Å². The van der Waals surface area contributed by atoms with Crippen molar-refractivity contribution in [3.63, 3.8) is 0 Å². The van der Waals surface area contributed by atoms with Crippen molar-refractivity contribution in [2.24, 2.45) is 0 Å². The van der Waals surface area contributed by atoms with E-state index >= 15 is 0 Å². The summed E-state index contributed by atoms with van der Waals surface area (Å²) in [5, 5.41) is 10.8. The van der Waals surface area contributed by atoms with E-state index in [4.69, 9.17) is 0 Å². The number of nitrogens with zero attached hydrogens (tertiary/aromatic N) is 3. The lowest BCUT2D eigenvalue weighted by Gasteiger charge is -2.33. The lowest BCUT2D eigenvalue weighted by molar-refractivity contribution is 0.0642. The van der Waals surface area contributed by atoms with Crippen LogP contribution in [-0.2, 0) is 13.0 Å². The number of aromatic hydroxyl groups is 1. The second kappa shape index (κ2) is 7.64. The molecule has 156 valence electrons. The monoisotopic (exact) mass is 431 g/mol. The Morgan fingerprint density at radius 2 is 2.00 bits per heavy atom. The number of carbonyl (C=O) groups is 1. The van der Waals surface area contributed by atoms with E-state index < -0.39 is 22.8 Å². The molecule has 1 aliphatic heterocycles. The summed E-state index contributed by atoms with van der Waals surface area (Å²) in [7, 11) is 0. The molecule has 1 aliphatic rings. The van der Waals surface area contributed by atoms with Gasteiger partial charge in [-0.15, -0.1) is 11.3 Å². The Hall–Kier alpha value is -3.07. The predicted molar refractivity (Wildman–Crippen MR) is 109 cm³/mol. The molecule has 0 aliphatic carbocycles. The van der Waals surface area contributed by atoms with E-state index in [1.54, 1.807) is 9.47 Å². The molecule has 1 amide bonds. The number of rotatable bonds is 4. The molecule has 9 heteroatoms. The Balaban J connectivity index is 1.69. The van der Waals surface area contributed by atoms with Crippen LogP contribution in [0.3, 0.4) is 0 Å². The Kier molecular flexibility index (Phi) is 5.15. The summed E-state index contributed by atoms with van der Waals surface area (Å²) >= 11 is 1.18. The van der Waals surface area contributed by atoms with Crippen LogP contribution < -0.4 is 5.43 Å². The van der Waals surface area contributed by atoms with Gasteiger partial charge in [-0.25, -0.2) is 13.8 Å². The maximum absolute atomic E-state index is 13.9. The highest BCUT2D eigenvalue weighted by Crippen LogP contribution is 2.29. The molecular formula is C21H19F2N3O3S. The maximum Gasteiger partial charge on any atom is 0.274 e. The number of fused-ring (bicyclic) bond motifs is 1. The number of hydrogen-bond donors (Lipinski definition) is 1. The molecule has 30 heavy (non-hydrogen) atoms. The SMILES string of the molecule is CC(C)N1CCn2cc(-c3ncc(Cc4ccc(F)cc4F)s3)c(=O)c(O)c2C1=O. The van der Waals surface area contributed by atoms with E-state index in [0.717, 1.165) is 6.07 Å². The molecule has 0 saturated heterocycles. The second-order valence-corrected chi connectivity index (χ2v) is 8.51. The number of amides is 1. The minimum Gasteiger partial charge on any atom is -0.503 e. The van der Waals surface area contributed by atoms with Crippen molar-refractivity contribution in [2.45, 2.75) is 32.9 Å². The summed E-state index contributed by atoms with van der Waals surface area (Å²) in [5.74, 6) is -2.28. The number of carbonyl (C=O) groups excluding carboxylic acids is 1. The van der Waals surface area contributed by atoms with Crippen molar-refractivity contribution in [3.8, 4) is 16.3 Å². The van der Waals surface area contributed by atoms with Gasteiger partial charge in [0.15, 0.2) is 11.4 Å². The van der Waals surface area contributed by atoms with Gasteiger partial charge < -0.3 is 14.6 Å². The minimum atomic E-state index is -0.672. The van der Waals surface area contributed by atoms with Gasteiger partial charge >= 0.3 is 0 Å². The average molecular weight is 431 g/mol. The zero-order chi connectivity index (χ0) is 21.6. The Morgan fingerprint density at radius 1 is 1.23 bits per heavy atom. The highest BCUT2D eigenvalue weighted by molar-refractivity contribution is 7.15. The molecule has 6 nitrogen and oxygen atoms in total. The van der Waals surface area contributed by atoms with Gasteiger partial charge in [-0.1, -0.05) is 6.07 Å². The van der Waals surface area contributed by atoms with E-state index in [-0.39, 0.29) is 29.6 Å². The molecule has 1 N–H and O–H groups in total. The fourth-order valence-corrected chi connectivity index (χ4v) is 4.46. The molecule has 0 radical (unpaired) electrons. The number of pyridine rings is 1. The van der Waals surface area contributed by atoms with Crippen LogP contribution in [0.4, 0.5) is 8.78 Å². The van der Waals surface area contributed by atoms with Gasteiger partial charge in [0.25, 0.3) is 5.91 Å². The van der Waals surface area contributed by atoms with Crippen LogP contribution in [-0.4, -0.2) is 38.1 Å². The third-order valence-electron chi connectivity index (χ3n) is 5.09. The molecule has 0 atom stereocenters. The predicted octanol–water partition coefficient (Wildman–Crippen LogP) is 3.41. The Labute approximate surface area is 175 Å². The molecule has 0 fully saturated rings. The van der Waals surface area contributed by atoms with Crippen LogP contribution in [0.2, 0.25) is 0 Å². The largest absolute Gasteiger partial charge is 0.503 e. The van der Waals surface area contributed by atoms with Gasteiger partial charge in [0.05, 0.1) is 5.56 Å². The maximum atomic E-state index is 13.9. The smallest absolute Gasteiger partial charge is 0.274 e. The molecule has 0 unspecified atom stereocenters. The standard InChI is InChI=1S/C21H19F2N3O3S/c1-11(2)26-6-5-25-10-15(18(27)19(28)17(25)21(26)29)20-24-9-14(30-20)7-12-3-4-13(22)8-16(12)23/h3-4,8-11,28H,5-7H2,1-2H3. The molecule has 2 aromatic heterocycles. The first-order chi connectivity index (χ1) is 14.3. The van der Waals surface area contributed by atoms with Gasteiger partial charge in [0.2, 0.25) is 5.43 Å². The number of hydrogen-bond acceptors (Lipinski definition) is 5. The summed E-state index contributed by atoms with van der Waals surface area (Å²) in [6.45, 7) is 4.66. The summed E-state index contributed by atoms with van der Waals surface area (Å²) in [4.78, 5) is 32.0. The zero-order valence-electron chi connectivity index (χ0n) is 16.4. The van der Waals surface area contributed by atoms with Gasteiger partial charge in [-0.05, 0) is 25.5 Å². The summed E-state index contributed by atoms with van der Waals surface area (Å²) in [6.07, 6.45) is 3.26. The summed E-state index contributed by atoms with van der Waals surface area (Å²) in [5.41, 5.74) is -0.197. The molecule has 0 spiro atoms. The first kappa shape index (κ1) is 20.2. The van der Waals surface area contributed by atoms with E-state index in [1.165, 1.54) is 35.9 Å². The number of halogens is 2. The van der Waals surface area contributed by atoms with Crippen molar-refractivity contribution >= 4 is 17.2 Å². The molecule has 3 aromatic rings. The van der Waals surface area contributed by atoms with Gasteiger partial charge in [-0.2, -0.15) is 0 Å². The van der Waals surface area contributed by atoms with Gasteiger partial charge in [-0.3, -0.25) is 9.59 Å². The fourth-order valence-electron chi connectivity index (χ4n) is 3.52. The van der Waals surface area contributed by atoms with Crippen molar-refractivity contribution in [3.05, 3.63) is 68.6 Å². The van der Waals surface area contributed by atoms with Crippen LogP contribution in [0, 0.1) is 11.6 Å². The molecule has 0 bridgehead atoms. The van der Waals surface area contributed by atoms with E-state index in [1.807, 2.05) is 13.8 Å². The number of aromatic nitrogens is 2. The van der Waals surface area contributed by atoms with Crippen LogP contribution in [0.15, 0.2) is 35.4 Å². The summed E-state index contributed by atoms with van der Waals surface area (Å²) < 4.78 is 28.6.